The summed E-state index contributed by atoms with van der Waals surface area (Å²) in [7, 11) is 0. The van der Waals surface area contributed by atoms with Crippen molar-refractivity contribution >= 4 is 29.6 Å². The summed E-state index contributed by atoms with van der Waals surface area (Å²) < 4.78 is 0. The Hall–Kier alpha value is -3.67. The third-order valence-electron chi connectivity index (χ3n) is 5.66. The summed E-state index contributed by atoms with van der Waals surface area (Å²) in [4.78, 5) is 61.7. The number of nitrogens with one attached hydrogen (secondary N) is 3. The van der Waals surface area contributed by atoms with Gasteiger partial charge in [0.15, 0.2) is 0 Å². The van der Waals surface area contributed by atoms with Gasteiger partial charge in [0.25, 0.3) is 0 Å². The van der Waals surface area contributed by atoms with Crippen molar-refractivity contribution in [1.82, 2.24) is 16.0 Å². The minimum absolute atomic E-state index is 0.0201. The highest BCUT2D eigenvalue weighted by Gasteiger charge is 2.31. The minimum atomic E-state index is -1.29. The van der Waals surface area contributed by atoms with Gasteiger partial charge in [-0.15, -0.1) is 0 Å². The number of benzene rings is 1. The van der Waals surface area contributed by atoms with Crippen molar-refractivity contribution in [2.24, 2.45) is 23.3 Å². The van der Waals surface area contributed by atoms with Crippen LogP contribution in [0.5, 0.6) is 5.75 Å². The minimum Gasteiger partial charge on any atom is -0.508 e. The van der Waals surface area contributed by atoms with Crippen LogP contribution in [0.4, 0.5) is 0 Å². The van der Waals surface area contributed by atoms with Gasteiger partial charge in [0.2, 0.25) is 23.6 Å². The van der Waals surface area contributed by atoms with E-state index in [9.17, 15) is 34.2 Å². The zero-order valence-corrected chi connectivity index (χ0v) is 21.7. The number of primary amides is 1. The summed E-state index contributed by atoms with van der Waals surface area (Å²) in [5.74, 6) is -4.22. The molecule has 0 aliphatic rings. The predicted molar refractivity (Wildman–Crippen MR) is 136 cm³/mol. The molecule has 0 saturated carbocycles. The molecule has 9 N–H and O–H groups in total. The largest absolute Gasteiger partial charge is 0.508 e. The molecule has 0 aromatic heterocycles. The van der Waals surface area contributed by atoms with E-state index in [1.165, 1.54) is 12.1 Å². The van der Waals surface area contributed by atoms with Crippen LogP contribution in [-0.2, 0) is 30.4 Å². The fourth-order valence-corrected chi connectivity index (χ4v) is 3.44. The van der Waals surface area contributed by atoms with Gasteiger partial charge in [0.05, 0.1) is 6.04 Å². The normalized spacial score (nSPS) is 14.4. The van der Waals surface area contributed by atoms with Gasteiger partial charge in [-0.05, 0) is 42.4 Å². The number of amides is 4. The first kappa shape index (κ1) is 31.4. The maximum Gasteiger partial charge on any atom is 0.326 e. The second-order valence-electron chi connectivity index (χ2n) is 9.80. The number of nitrogens with two attached hydrogens (primary N) is 2. The van der Waals surface area contributed by atoms with Gasteiger partial charge >= 0.3 is 5.97 Å². The number of carboxylic acid groups (broad SMARTS) is 1. The molecule has 1 aromatic rings. The van der Waals surface area contributed by atoms with Gasteiger partial charge in [0.1, 0.15) is 23.9 Å². The smallest absolute Gasteiger partial charge is 0.326 e. The number of aromatic hydroxyl groups is 1. The van der Waals surface area contributed by atoms with Crippen molar-refractivity contribution in [3.63, 3.8) is 0 Å². The first-order chi connectivity index (χ1) is 17.2. The third kappa shape index (κ3) is 11.3. The average Bonchev–Trinajstić information content (AvgIpc) is 2.80. The average molecular weight is 522 g/mol. The van der Waals surface area contributed by atoms with E-state index in [1.807, 2.05) is 13.8 Å². The molecule has 12 nitrogen and oxygen atoms in total. The first-order valence-electron chi connectivity index (χ1n) is 12.2. The molecule has 4 amide bonds. The molecule has 0 saturated heterocycles. The summed E-state index contributed by atoms with van der Waals surface area (Å²) in [5.41, 5.74) is 11.6. The fraction of sp³-hybridized carbons (Fsp3) is 0.560. The lowest BCUT2D eigenvalue weighted by molar-refractivity contribution is -0.142. The molecule has 0 fully saturated rings. The quantitative estimate of drug-likeness (QED) is 0.163. The molecule has 37 heavy (non-hydrogen) atoms. The second kappa shape index (κ2) is 14.8. The van der Waals surface area contributed by atoms with E-state index in [4.69, 9.17) is 11.5 Å². The molecule has 1 rings (SSSR count). The van der Waals surface area contributed by atoms with Crippen LogP contribution >= 0.6 is 0 Å². The topological polar surface area (TPSA) is 214 Å². The standard InChI is InChI=1S/C25H39N5O7/c1-13(2)11-18(23(34)30-19(25(36)37)12-15-5-7-16(31)8-6-15)29-22(33)17(9-10-20(26)32)28-24(35)21(27)14(3)4/h5-8,13-14,17-19,21,31H,9-12,27H2,1-4H3,(H2,26,32)(H,28,35)(H,29,33)(H,30,34)(H,36,37). The van der Waals surface area contributed by atoms with Gasteiger partial charge in [-0.25, -0.2) is 4.79 Å². The molecule has 0 radical (unpaired) electrons. The molecule has 0 bridgehead atoms. The highest BCUT2D eigenvalue weighted by Crippen LogP contribution is 2.13. The molecular formula is C25H39N5O7. The Morgan fingerprint density at radius 3 is 1.84 bits per heavy atom. The number of phenolic OH excluding ortho intramolecular Hbond substituents is 1. The van der Waals surface area contributed by atoms with Crippen molar-refractivity contribution in [3.05, 3.63) is 29.8 Å². The number of hydrogen-bond acceptors (Lipinski definition) is 7. The van der Waals surface area contributed by atoms with Crippen LogP contribution in [0.15, 0.2) is 24.3 Å². The van der Waals surface area contributed by atoms with Crippen molar-refractivity contribution in [1.29, 1.82) is 0 Å². The number of rotatable bonds is 15. The zero-order chi connectivity index (χ0) is 28.3. The zero-order valence-electron chi connectivity index (χ0n) is 21.7. The summed E-state index contributed by atoms with van der Waals surface area (Å²) in [6, 6.07) is 1.41. The Morgan fingerprint density at radius 1 is 0.838 bits per heavy atom. The summed E-state index contributed by atoms with van der Waals surface area (Å²) in [6.07, 6.45) is -0.157. The number of carbonyl (C=O) groups is 5. The van der Waals surface area contributed by atoms with Gasteiger partial charge in [-0.2, -0.15) is 0 Å². The van der Waals surface area contributed by atoms with Crippen LogP contribution in [0, 0.1) is 11.8 Å². The Balaban J connectivity index is 3.05. The van der Waals surface area contributed by atoms with E-state index >= 15 is 0 Å². The third-order valence-corrected chi connectivity index (χ3v) is 5.66. The van der Waals surface area contributed by atoms with Crippen LogP contribution < -0.4 is 27.4 Å². The molecular weight excluding hydrogens is 482 g/mol. The number of phenols is 1. The Labute approximate surface area is 216 Å². The van der Waals surface area contributed by atoms with Gasteiger partial charge in [0, 0.05) is 12.8 Å². The maximum absolute atomic E-state index is 13.1. The van der Waals surface area contributed by atoms with E-state index in [1.54, 1.807) is 26.0 Å². The fourth-order valence-electron chi connectivity index (χ4n) is 3.44. The Bertz CT molecular complexity index is 949. The molecule has 1 aromatic carbocycles. The monoisotopic (exact) mass is 521 g/mol. The number of hydrogen-bond donors (Lipinski definition) is 7. The number of carbonyl (C=O) groups excluding carboxylic acids is 4. The van der Waals surface area contributed by atoms with E-state index in [-0.39, 0.29) is 43.3 Å². The number of aliphatic carboxylic acids is 1. The lowest BCUT2D eigenvalue weighted by Gasteiger charge is -2.26. The summed E-state index contributed by atoms with van der Waals surface area (Å²) in [6.45, 7) is 7.13. The molecule has 0 aliphatic carbocycles. The van der Waals surface area contributed by atoms with Gasteiger partial charge in [-0.1, -0.05) is 39.8 Å². The summed E-state index contributed by atoms with van der Waals surface area (Å²) in [5, 5.41) is 26.6. The lowest BCUT2D eigenvalue weighted by Crippen LogP contribution is -2.58. The van der Waals surface area contributed by atoms with E-state index < -0.39 is 53.8 Å². The van der Waals surface area contributed by atoms with Gasteiger partial charge in [-0.3, -0.25) is 19.2 Å². The highest BCUT2D eigenvalue weighted by atomic mass is 16.4. The van der Waals surface area contributed by atoms with Crippen molar-refractivity contribution in [2.75, 3.05) is 0 Å². The Kier molecular flexibility index (Phi) is 12.5. The van der Waals surface area contributed by atoms with Crippen molar-refractivity contribution in [2.45, 2.75) is 77.5 Å². The number of carboxylic acids is 1. The maximum atomic E-state index is 13.1. The molecule has 206 valence electrons. The van der Waals surface area contributed by atoms with E-state index in [0.717, 1.165) is 0 Å². The second-order valence-corrected chi connectivity index (χ2v) is 9.80. The molecule has 12 heteroatoms. The first-order valence-corrected chi connectivity index (χ1v) is 12.2. The molecule has 0 heterocycles. The molecule has 0 spiro atoms. The van der Waals surface area contributed by atoms with Crippen LogP contribution in [0.2, 0.25) is 0 Å². The summed E-state index contributed by atoms with van der Waals surface area (Å²) >= 11 is 0. The van der Waals surface area contributed by atoms with Crippen molar-refractivity contribution in [3.8, 4) is 5.75 Å². The predicted octanol–water partition coefficient (Wildman–Crippen LogP) is -0.231. The van der Waals surface area contributed by atoms with Crippen LogP contribution in [0.1, 0.15) is 52.5 Å². The molecule has 0 aliphatic heterocycles. The van der Waals surface area contributed by atoms with Crippen LogP contribution in [0.3, 0.4) is 0 Å². The lowest BCUT2D eigenvalue weighted by atomic mass is 10.00. The van der Waals surface area contributed by atoms with Crippen LogP contribution in [-0.4, -0.2) is 64.0 Å². The van der Waals surface area contributed by atoms with E-state index in [2.05, 4.69) is 16.0 Å². The SMILES string of the molecule is CC(C)CC(NC(=O)C(CCC(N)=O)NC(=O)C(N)C(C)C)C(=O)NC(Cc1ccc(O)cc1)C(=O)O. The Morgan fingerprint density at radius 2 is 1.35 bits per heavy atom. The van der Waals surface area contributed by atoms with Gasteiger partial charge < -0.3 is 37.6 Å². The van der Waals surface area contributed by atoms with Crippen molar-refractivity contribution < 1.29 is 34.2 Å². The van der Waals surface area contributed by atoms with E-state index in [0.29, 0.717) is 5.56 Å². The van der Waals surface area contributed by atoms with Crippen LogP contribution in [0.25, 0.3) is 0 Å². The molecule has 4 atom stereocenters. The highest BCUT2D eigenvalue weighted by molar-refractivity contribution is 5.94. The molecule has 4 unspecified atom stereocenters.